The monoisotopic (exact) mass is 477 g/mol. The maximum Gasteiger partial charge on any atom is 0.267 e. The highest BCUT2D eigenvalue weighted by Crippen LogP contribution is 2.36. The Labute approximate surface area is 199 Å². The van der Waals surface area contributed by atoms with E-state index >= 15 is 0 Å². The number of nitrogens with one attached hydrogen (secondary N) is 1. The molecule has 0 saturated heterocycles. The number of amides is 1. The SMILES string of the molecule is O=C(CSc1nc2sc3c(c2c(=O)n1-c1ccccc1)CCC3)NCCOc1ccccc1. The molecule has 0 aliphatic heterocycles. The first-order valence-corrected chi connectivity index (χ1v) is 12.7. The van der Waals surface area contributed by atoms with Gasteiger partial charge in [-0.2, -0.15) is 0 Å². The topological polar surface area (TPSA) is 73.2 Å². The van der Waals surface area contributed by atoms with Crippen molar-refractivity contribution in [3.05, 3.63) is 81.5 Å². The second-order valence-electron chi connectivity index (χ2n) is 7.71. The number of nitrogens with zero attached hydrogens (tertiary/aromatic N) is 2. The van der Waals surface area contributed by atoms with Crippen molar-refractivity contribution >= 4 is 39.2 Å². The lowest BCUT2D eigenvalue weighted by molar-refractivity contribution is -0.118. The zero-order chi connectivity index (χ0) is 22.6. The first-order valence-electron chi connectivity index (χ1n) is 10.9. The molecule has 2 aromatic heterocycles. The Morgan fingerprint density at radius 2 is 1.85 bits per heavy atom. The number of para-hydroxylation sites is 2. The summed E-state index contributed by atoms with van der Waals surface area (Å²) in [5, 5.41) is 4.14. The van der Waals surface area contributed by atoms with Crippen LogP contribution in [0.5, 0.6) is 5.75 Å². The standard InChI is InChI=1S/C25H23N3O3S2/c29-21(26-14-15-31-18-10-5-2-6-11-18)16-32-25-27-23-22(19-12-7-13-20(19)33-23)24(30)28(25)17-8-3-1-4-9-17/h1-6,8-11H,7,12-16H2,(H,26,29). The van der Waals surface area contributed by atoms with Crippen LogP contribution in [0.15, 0.2) is 70.6 Å². The Hall–Kier alpha value is -3.10. The van der Waals surface area contributed by atoms with Crippen LogP contribution in [0.2, 0.25) is 0 Å². The lowest BCUT2D eigenvalue weighted by atomic mass is 10.2. The summed E-state index contributed by atoms with van der Waals surface area (Å²) in [5.41, 5.74) is 1.86. The molecule has 0 unspecified atom stereocenters. The molecule has 0 bridgehead atoms. The molecule has 168 valence electrons. The Balaban J connectivity index is 1.32. The van der Waals surface area contributed by atoms with Gasteiger partial charge < -0.3 is 10.1 Å². The van der Waals surface area contributed by atoms with Crippen LogP contribution in [0.1, 0.15) is 16.9 Å². The molecule has 5 rings (SSSR count). The van der Waals surface area contributed by atoms with Crippen molar-refractivity contribution in [3.63, 3.8) is 0 Å². The summed E-state index contributed by atoms with van der Waals surface area (Å²) in [6, 6.07) is 19.0. The zero-order valence-electron chi connectivity index (χ0n) is 18.0. The average molecular weight is 478 g/mol. The number of thiophene rings is 1. The largest absolute Gasteiger partial charge is 0.492 e. The van der Waals surface area contributed by atoms with Gasteiger partial charge in [-0.25, -0.2) is 4.98 Å². The Kier molecular flexibility index (Phi) is 6.46. The molecule has 2 aromatic carbocycles. The Bertz CT molecular complexity index is 1330. The van der Waals surface area contributed by atoms with Crippen molar-refractivity contribution in [2.75, 3.05) is 18.9 Å². The van der Waals surface area contributed by atoms with Gasteiger partial charge in [0.2, 0.25) is 5.91 Å². The lowest BCUT2D eigenvalue weighted by Crippen LogP contribution is -2.30. The van der Waals surface area contributed by atoms with Gasteiger partial charge in [0.05, 0.1) is 23.4 Å². The number of rotatable bonds is 8. The van der Waals surface area contributed by atoms with Crippen LogP contribution in [0.25, 0.3) is 15.9 Å². The van der Waals surface area contributed by atoms with Gasteiger partial charge in [-0.3, -0.25) is 14.2 Å². The molecular formula is C25H23N3O3S2. The van der Waals surface area contributed by atoms with E-state index in [0.717, 1.165) is 46.5 Å². The van der Waals surface area contributed by atoms with Crippen LogP contribution < -0.4 is 15.6 Å². The normalized spacial score (nSPS) is 12.6. The predicted molar refractivity (Wildman–Crippen MR) is 133 cm³/mol. The highest BCUT2D eigenvalue weighted by molar-refractivity contribution is 7.99. The smallest absolute Gasteiger partial charge is 0.267 e. The highest BCUT2D eigenvalue weighted by Gasteiger charge is 2.24. The number of benzene rings is 2. The van der Waals surface area contributed by atoms with E-state index in [1.54, 1.807) is 15.9 Å². The molecule has 4 aromatic rings. The minimum Gasteiger partial charge on any atom is -0.492 e. The first-order chi connectivity index (χ1) is 16.2. The summed E-state index contributed by atoms with van der Waals surface area (Å²) in [6.07, 6.45) is 3.03. The minimum absolute atomic E-state index is 0.0511. The Morgan fingerprint density at radius 1 is 1.09 bits per heavy atom. The highest BCUT2D eigenvalue weighted by atomic mass is 32.2. The maximum atomic E-state index is 13.6. The predicted octanol–water partition coefficient (Wildman–Crippen LogP) is 4.22. The summed E-state index contributed by atoms with van der Waals surface area (Å²) in [7, 11) is 0. The van der Waals surface area contributed by atoms with E-state index in [9.17, 15) is 9.59 Å². The lowest BCUT2D eigenvalue weighted by Gasteiger charge is -2.12. The fourth-order valence-corrected chi connectivity index (χ4v) is 6.13. The van der Waals surface area contributed by atoms with Gasteiger partial charge in [0.15, 0.2) is 5.16 Å². The van der Waals surface area contributed by atoms with Gasteiger partial charge in [-0.1, -0.05) is 48.2 Å². The average Bonchev–Trinajstić information content (AvgIpc) is 3.43. The van der Waals surface area contributed by atoms with E-state index in [1.807, 2.05) is 60.7 Å². The summed E-state index contributed by atoms with van der Waals surface area (Å²) >= 11 is 2.89. The van der Waals surface area contributed by atoms with Crippen LogP contribution in [0, 0.1) is 0 Å². The molecule has 6 nitrogen and oxygen atoms in total. The quantitative estimate of drug-likeness (QED) is 0.234. The van der Waals surface area contributed by atoms with E-state index in [1.165, 1.54) is 16.6 Å². The Morgan fingerprint density at radius 3 is 2.64 bits per heavy atom. The van der Waals surface area contributed by atoms with Gasteiger partial charge >= 0.3 is 0 Å². The number of aryl methyl sites for hydroxylation is 2. The fourth-order valence-electron chi connectivity index (χ4n) is 3.98. The summed E-state index contributed by atoms with van der Waals surface area (Å²) in [5.74, 6) is 0.814. The second-order valence-corrected chi connectivity index (χ2v) is 9.73. The molecule has 0 fully saturated rings. The molecule has 1 amide bonds. The number of hydrogen-bond donors (Lipinski definition) is 1. The minimum atomic E-state index is -0.126. The molecule has 1 N–H and O–H groups in total. The number of carbonyl (C=O) groups is 1. The van der Waals surface area contributed by atoms with Gasteiger partial charge in [0.1, 0.15) is 17.2 Å². The number of thioether (sulfide) groups is 1. The summed E-state index contributed by atoms with van der Waals surface area (Å²) < 4.78 is 7.25. The van der Waals surface area contributed by atoms with Crippen LogP contribution in [0.4, 0.5) is 0 Å². The number of hydrogen-bond acceptors (Lipinski definition) is 6. The third-order valence-electron chi connectivity index (χ3n) is 5.49. The van der Waals surface area contributed by atoms with Crippen molar-refractivity contribution < 1.29 is 9.53 Å². The molecule has 0 radical (unpaired) electrons. The summed E-state index contributed by atoms with van der Waals surface area (Å²) in [6.45, 7) is 0.796. The molecule has 2 heterocycles. The van der Waals surface area contributed by atoms with Gasteiger partial charge in [-0.05, 0) is 49.1 Å². The first kappa shape index (κ1) is 21.7. The molecule has 0 atom stereocenters. The summed E-state index contributed by atoms with van der Waals surface area (Å²) in [4.78, 5) is 32.9. The van der Waals surface area contributed by atoms with Crippen LogP contribution in [-0.2, 0) is 17.6 Å². The molecule has 33 heavy (non-hydrogen) atoms. The van der Waals surface area contributed by atoms with Gasteiger partial charge in [0.25, 0.3) is 5.56 Å². The number of fused-ring (bicyclic) bond motifs is 3. The van der Waals surface area contributed by atoms with E-state index in [2.05, 4.69) is 5.32 Å². The van der Waals surface area contributed by atoms with Crippen molar-refractivity contribution in [1.29, 1.82) is 0 Å². The van der Waals surface area contributed by atoms with Crippen molar-refractivity contribution in [2.24, 2.45) is 0 Å². The van der Waals surface area contributed by atoms with Crippen molar-refractivity contribution in [2.45, 2.75) is 24.4 Å². The molecular weight excluding hydrogens is 454 g/mol. The third kappa shape index (κ3) is 4.67. The van der Waals surface area contributed by atoms with Crippen LogP contribution >= 0.6 is 23.1 Å². The number of aromatic nitrogens is 2. The molecule has 0 spiro atoms. The molecule has 8 heteroatoms. The van der Waals surface area contributed by atoms with E-state index in [-0.39, 0.29) is 17.2 Å². The zero-order valence-corrected chi connectivity index (χ0v) is 19.6. The van der Waals surface area contributed by atoms with Gasteiger partial charge in [-0.15, -0.1) is 11.3 Å². The molecule has 0 saturated carbocycles. The van der Waals surface area contributed by atoms with Gasteiger partial charge in [0, 0.05) is 4.88 Å². The van der Waals surface area contributed by atoms with Crippen molar-refractivity contribution in [1.82, 2.24) is 14.9 Å². The fraction of sp³-hybridized carbons (Fsp3) is 0.240. The maximum absolute atomic E-state index is 13.6. The van der Waals surface area contributed by atoms with Crippen LogP contribution in [0.3, 0.4) is 0 Å². The van der Waals surface area contributed by atoms with E-state index in [0.29, 0.717) is 18.3 Å². The molecule has 1 aliphatic rings. The number of carbonyl (C=O) groups excluding carboxylic acids is 1. The van der Waals surface area contributed by atoms with Crippen molar-refractivity contribution in [3.8, 4) is 11.4 Å². The second kappa shape index (κ2) is 9.80. The van der Waals surface area contributed by atoms with E-state index in [4.69, 9.17) is 9.72 Å². The molecule has 1 aliphatic carbocycles. The third-order valence-corrected chi connectivity index (χ3v) is 7.62. The van der Waals surface area contributed by atoms with Crippen LogP contribution in [-0.4, -0.2) is 34.4 Å². The number of ether oxygens (including phenoxy) is 1. The van der Waals surface area contributed by atoms with E-state index < -0.39 is 0 Å².